The van der Waals surface area contributed by atoms with Gasteiger partial charge in [-0.05, 0) is 45.6 Å². The lowest BCUT2D eigenvalue weighted by Crippen LogP contribution is -2.47. The van der Waals surface area contributed by atoms with Gasteiger partial charge in [0, 0.05) is 13.1 Å². The molecule has 2 N–H and O–H groups in total. The van der Waals surface area contributed by atoms with Crippen molar-refractivity contribution in [2.24, 2.45) is 17.6 Å². The SMILES string of the molecule is C[C@@H]1CCN(C(=O)OC(C)(C)C)C[C@H]1CN. The Bertz CT molecular complexity index is 248. The van der Waals surface area contributed by atoms with Crippen molar-refractivity contribution in [2.45, 2.75) is 39.7 Å². The number of amides is 1. The Morgan fingerprint density at radius 3 is 2.62 bits per heavy atom. The molecule has 0 saturated carbocycles. The number of rotatable bonds is 1. The maximum absolute atomic E-state index is 11.8. The average molecular weight is 228 g/mol. The number of piperidine rings is 1. The Balaban J connectivity index is 2.52. The van der Waals surface area contributed by atoms with Gasteiger partial charge in [0.25, 0.3) is 0 Å². The molecule has 1 heterocycles. The second-order valence-corrected chi connectivity index (χ2v) is 5.69. The normalized spacial score (nSPS) is 26.7. The smallest absolute Gasteiger partial charge is 0.410 e. The highest BCUT2D eigenvalue weighted by Gasteiger charge is 2.30. The summed E-state index contributed by atoms with van der Waals surface area (Å²) in [5, 5.41) is 0. The largest absolute Gasteiger partial charge is 0.444 e. The Kier molecular flexibility index (Phi) is 4.19. The molecule has 94 valence electrons. The monoisotopic (exact) mass is 228 g/mol. The predicted molar refractivity (Wildman–Crippen MR) is 64.1 cm³/mol. The Morgan fingerprint density at radius 2 is 2.12 bits per heavy atom. The van der Waals surface area contributed by atoms with Crippen molar-refractivity contribution in [2.75, 3.05) is 19.6 Å². The first kappa shape index (κ1) is 13.3. The zero-order valence-electron chi connectivity index (χ0n) is 10.8. The number of carbonyl (C=O) groups is 1. The van der Waals surface area contributed by atoms with Gasteiger partial charge in [0.2, 0.25) is 0 Å². The molecule has 16 heavy (non-hydrogen) atoms. The summed E-state index contributed by atoms with van der Waals surface area (Å²) in [7, 11) is 0. The fourth-order valence-corrected chi connectivity index (χ4v) is 1.95. The lowest BCUT2D eigenvalue weighted by molar-refractivity contribution is 0.0121. The number of ether oxygens (including phenoxy) is 1. The van der Waals surface area contributed by atoms with E-state index in [1.165, 1.54) is 0 Å². The highest BCUT2D eigenvalue weighted by Crippen LogP contribution is 2.23. The lowest BCUT2D eigenvalue weighted by Gasteiger charge is -2.37. The third-order valence-electron chi connectivity index (χ3n) is 3.07. The molecule has 2 atom stereocenters. The molecule has 0 aromatic rings. The van der Waals surface area contributed by atoms with E-state index in [2.05, 4.69) is 6.92 Å². The van der Waals surface area contributed by atoms with Crippen molar-refractivity contribution in [1.82, 2.24) is 4.90 Å². The highest BCUT2D eigenvalue weighted by molar-refractivity contribution is 5.68. The van der Waals surface area contributed by atoms with Crippen LogP contribution in [-0.4, -0.2) is 36.2 Å². The highest BCUT2D eigenvalue weighted by atomic mass is 16.6. The van der Waals surface area contributed by atoms with Crippen molar-refractivity contribution in [3.63, 3.8) is 0 Å². The molecule has 1 aliphatic rings. The van der Waals surface area contributed by atoms with E-state index in [0.717, 1.165) is 19.5 Å². The molecular formula is C12H24N2O2. The quantitative estimate of drug-likeness (QED) is 0.745. The van der Waals surface area contributed by atoms with Crippen LogP contribution in [0.5, 0.6) is 0 Å². The van der Waals surface area contributed by atoms with Crippen LogP contribution >= 0.6 is 0 Å². The summed E-state index contributed by atoms with van der Waals surface area (Å²) in [6.45, 7) is 10.0. The first-order valence-corrected chi connectivity index (χ1v) is 6.01. The molecule has 0 aliphatic carbocycles. The van der Waals surface area contributed by atoms with Gasteiger partial charge in [-0.15, -0.1) is 0 Å². The zero-order chi connectivity index (χ0) is 12.3. The van der Waals surface area contributed by atoms with Crippen LogP contribution in [0.4, 0.5) is 4.79 Å². The van der Waals surface area contributed by atoms with Gasteiger partial charge in [-0.1, -0.05) is 6.92 Å². The fraction of sp³-hybridized carbons (Fsp3) is 0.917. The van der Waals surface area contributed by atoms with Gasteiger partial charge in [-0.3, -0.25) is 0 Å². The first-order chi connectivity index (χ1) is 7.33. The van der Waals surface area contributed by atoms with Crippen LogP contribution in [0.2, 0.25) is 0 Å². The Labute approximate surface area is 98.1 Å². The van der Waals surface area contributed by atoms with Crippen LogP contribution in [-0.2, 0) is 4.74 Å². The molecule has 1 rings (SSSR count). The molecule has 1 aliphatic heterocycles. The van der Waals surface area contributed by atoms with Gasteiger partial charge in [0.05, 0.1) is 0 Å². The van der Waals surface area contributed by atoms with Crippen molar-refractivity contribution in [1.29, 1.82) is 0 Å². The molecule has 0 aromatic heterocycles. The van der Waals surface area contributed by atoms with E-state index in [9.17, 15) is 4.79 Å². The predicted octanol–water partition coefficient (Wildman–Crippen LogP) is 1.84. The third-order valence-corrected chi connectivity index (χ3v) is 3.07. The van der Waals surface area contributed by atoms with Gasteiger partial charge >= 0.3 is 6.09 Å². The topological polar surface area (TPSA) is 55.6 Å². The van der Waals surface area contributed by atoms with Gasteiger partial charge < -0.3 is 15.4 Å². The van der Waals surface area contributed by atoms with Crippen LogP contribution in [0.15, 0.2) is 0 Å². The van der Waals surface area contributed by atoms with E-state index in [1.54, 1.807) is 4.90 Å². The molecule has 0 aromatic carbocycles. The standard InChI is InChI=1S/C12H24N2O2/c1-9-5-6-14(8-10(9)7-13)11(15)16-12(2,3)4/h9-10H,5-8,13H2,1-4H3/t9-,10-/m1/s1. The molecule has 0 unspecified atom stereocenters. The first-order valence-electron chi connectivity index (χ1n) is 6.01. The second-order valence-electron chi connectivity index (χ2n) is 5.69. The molecular weight excluding hydrogens is 204 g/mol. The molecule has 0 spiro atoms. The summed E-state index contributed by atoms with van der Waals surface area (Å²) in [6.07, 6.45) is 0.805. The van der Waals surface area contributed by atoms with E-state index in [-0.39, 0.29) is 6.09 Å². The van der Waals surface area contributed by atoms with Gasteiger partial charge in [0.1, 0.15) is 5.60 Å². The summed E-state index contributed by atoms with van der Waals surface area (Å²) < 4.78 is 5.35. The van der Waals surface area contributed by atoms with Crippen molar-refractivity contribution in [3.8, 4) is 0 Å². The molecule has 1 saturated heterocycles. The minimum absolute atomic E-state index is 0.210. The summed E-state index contributed by atoms with van der Waals surface area (Å²) in [4.78, 5) is 13.6. The average Bonchev–Trinajstić information content (AvgIpc) is 2.15. The van der Waals surface area contributed by atoms with Gasteiger partial charge in [-0.25, -0.2) is 4.79 Å². The Morgan fingerprint density at radius 1 is 1.50 bits per heavy atom. The minimum Gasteiger partial charge on any atom is -0.444 e. The van der Waals surface area contributed by atoms with Crippen molar-refractivity contribution < 1.29 is 9.53 Å². The van der Waals surface area contributed by atoms with Crippen LogP contribution in [0.3, 0.4) is 0 Å². The van der Waals surface area contributed by atoms with Crippen molar-refractivity contribution in [3.05, 3.63) is 0 Å². The van der Waals surface area contributed by atoms with E-state index < -0.39 is 5.60 Å². The number of nitrogens with two attached hydrogens (primary N) is 1. The summed E-state index contributed by atoms with van der Waals surface area (Å²) in [5.41, 5.74) is 5.29. The van der Waals surface area contributed by atoms with Crippen LogP contribution in [0.25, 0.3) is 0 Å². The zero-order valence-corrected chi connectivity index (χ0v) is 10.8. The van der Waals surface area contributed by atoms with E-state index in [4.69, 9.17) is 10.5 Å². The molecule has 4 heteroatoms. The summed E-state index contributed by atoms with van der Waals surface area (Å²) in [5.74, 6) is 1.00. The number of likely N-dealkylation sites (tertiary alicyclic amines) is 1. The molecule has 0 radical (unpaired) electrons. The van der Waals surface area contributed by atoms with Gasteiger partial charge in [-0.2, -0.15) is 0 Å². The summed E-state index contributed by atoms with van der Waals surface area (Å²) in [6, 6.07) is 0. The van der Waals surface area contributed by atoms with Crippen molar-refractivity contribution >= 4 is 6.09 Å². The Hall–Kier alpha value is -0.770. The maximum atomic E-state index is 11.8. The fourth-order valence-electron chi connectivity index (χ4n) is 1.95. The molecule has 1 amide bonds. The van der Waals surface area contributed by atoms with Crippen LogP contribution < -0.4 is 5.73 Å². The molecule has 1 fully saturated rings. The summed E-state index contributed by atoms with van der Waals surface area (Å²) >= 11 is 0. The lowest BCUT2D eigenvalue weighted by atomic mass is 9.87. The van der Waals surface area contributed by atoms with E-state index >= 15 is 0 Å². The minimum atomic E-state index is -0.418. The van der Waals surface area contributed by atoms with Gasteiger partial charge in [0.15, 0.2) is 0 Å². The van der Waals surface area contributed by atoms with Crippen LogP contribution in [0.1, 0.15) is 34.1 Å². The number of nitrogens with zero attached hydrogens (tertiary/aromatic N) is 1. The van der Waals surface area contributed by atoms with E-state index in [1.807, 2.05) is 20.8 Å². The number of hydrogen-bond acceptors (Lipinski definition) is 3. The number of carbonyl (C=O) groups excluding carboxylic acids is 1. The maximum Gasteiger partial charge on any atom is 0.410 e. The van der Waals surface area contributed by atoms with E-state index in [0.29, 0.717) is 18.4 Å². The third kappa shape index (κ3) is 3.67. The molecule has 4 nitrogen and oxygen atoms in total. The second kappa shape index (κ2) is 5.04. The molecule has 0 bridgehead atoms. The van der Waals surface area contributed by atoms with Crippen LogP contribution in [0, 0.1) is 11.8 Å². The number of hydrogen-bond donors (Lipinski definition) is 1.